The van der Waals surface area contributed by atoms with Crippen molar-refractivity contribution in [2.45, 2.75) is 50.2 Å². The smallest absolute Gasteiger partial charge is 0.227 e. The van der Waals surface area contributed by atoms with Crippen LogP contribution >= 0.6 is 11.8 Å². The van der Waals surface area contributed by atoms with E-state index in [2.05, 4.69) is 37.1 Å². The number of hydrogen-bond donors (Lipinski definition) is 0. The third kappa shape index (κ3) is 3.36. The van der Waals surface area contributed by atoms with Crippen molar-refractivity contribution < 1.29 is 4.79 Å². The quantitative estimate of drug-likeness (QED) is 0.849. The molecule has 24 heavy (non-hydrogen) atoms. The molecule has 0 bridgehead atoms. The Kier molecular flexibility index (Phi) is 4.99. The highest BCUT2D eigenvalue weighted by atomic mass is 32.2. The van der Waals surface area contributed by atoms with Crippen LogP contribution in [0, 0.1) is 13.8 Å². The molecule has 0 fully saturated rings. The molecule has 0 saturated carbocycles. The van der Waals surface area contributed by atoms with Crippen molar-refractivity contribution in [3.05, 3.63) is 41.2 Å². The van der Waals surface area contributed by atoms with Crippen LogP contribution in [0.1, 0.15) is 36.7 Å². The molecule has 2 heterocycles. The Hall–Kier alpha value is -1.75. The first kappa shape index (κ1) is 17.1. The number of hydrogen-bond acceptors (Lipinski definition) is 3. The highest BCUT2D eigenvalue weighted by Crippen LogP contribution is 2.37. The lowest BCUT2D eigenvalue weighted by atomic mass is 10.1. The maximum atomic E-state index is 12.9. The van der Waals surface area contributed by atoms with E-state index in [9.17, 15) is 4.79 Å². The van der Waals surface area contributed by atoms with Gasteiger partial charge < -0.3 is 4.90 Å². The molecule has 1 aromatic carbocycles. The lowest BCUT2D eigenvalue weighted by molar-refractivity contribution is -0.118. The Morgan fingerprint density at radius 2 is 2.08 bits per heavy atom. The minimum atomic E-state index is 0.208. The first-order valence-corrected chi connectivity index (χ1v) is 9.40. The predicted molar refractivity (Wildman–Crippen MR) is 99.7 cm³/mol. The number of thioether (sulfide) groups is 1. The van der Waals surface area contributed by atoms with Gasteiger partial charge in [-0.25, -0.2) is 0 Å². The second-order valence-corrected chi connectivity index (χ2v) is 7.98. The molecule has 128 valence electrons. The summed E-state index contributed by atoms with van der Waals surface area (Å²) in [7, 11) is 1.96. The Balaban J connectivity index is 1.77. The summed E-state index contributed by atoms with van der Waals surface area (Å²) in [6.45, 7) is 7.12. The first-order valence-electron chi connectivity index (χ1n) is 8.52. The van der Waals surface area contributed by atoms with E-state index in [1.807, 2.05) is 41.4 Å². The molecule has 0 N–H and O–H groups in total. The van der Waals surface area contributed by atoms with Crippen LogP contribution in [0.5, 0.6) is 0 Å². The largest absolute Gasteiger partial charge is 0.311 e. The minimum Gasteiger partial charge on any atom is -0.311 e. The molecule has 0 unspecified atom stereocenters. The summed E-state index contributed by atoms with van der Waals surface area (Å²) in [5.41, 5.74) is 4.46. The highest BCUT2D eigenvalue weighted by Gasteiger charge is 2.24. The van der Waals surface area contributed by atoms with E-state index in [1.54, 1.807) is 0 Å². The van der Waals surface area contributed by atoms with Gasteiger partial charge in [0.25, 0.3) is 0 Å². The van der Waals surface area contributed by atoms with Crippen LogP contribution in [0.15, 0.2) is 29.2 Å². The SMILES string of the molecule is Cc1nn(C)c(C)c1CCC(=O)N1CC[C@@H](C)Sc2ccccc21. The molecule has 1 aliphatic rings. The summed E-state index contributed by atoms with van der Waals surface area (Å²) < 4.78 is 1.90. The molecule has 0 radical (unpaired) electrons. The number of aryl methyl sites for hydroxylation is 2. The molecule has 0 spiro atoms. The van der Waals surface area contributed by atoms with Crippen LogP contribution in [0.25, 0.3) is 0 Å². The molecule has 2 aromatic rings. The van der Waals surface area contributed by atoms with Crippen molar-refractivity contribution in [1.82, 2.24) is 9.78 Å². The summed E-state index contributed by atoms with van der Waals surface area (Å²) in [5.74, 6) is 0.208. The van der Waals surface area contributed by atoms with Crippen molar-refractivity contribution in [2.75, 3.05) is 11.4 Å². The number of para-hydroxylation sites is 1. The third-order valence-corrected chi connectivity index (χ3v) is 6.03. The molecule has 4 nitrogen and oxygen atoms in total. The summed E-state index contributed by atoms with van der Waals surface area (Å²) in [6, 6.07) is 8.26. The maximum absolute atomic E-state index is 12.9. The van der Waals surface area contributed by atoms with Crippen LogP contribution in [0.4, 0.5) is 5.69 Å². The van der Waals surface area contributed by atoms with Gasteiger partial charge in [0.15, 0.2) is 0 Å². The molecule has 1 atom stereocenters. The number of aromatic nitrogens is 2. The van der Waals surface area contributed by atoms with Gasteiger partial charge in [-0.05, 0) is 44.4 Å². The molecular formula is C19H25N3OS. The topological polar surface area (TPSA) is 38.1 Å². The van der Waals surface area contributed by atoms with E-state index in [1.165, 1.54) is 10.5 Å². The first-order chi connectivity index (χ1) is 11.5. The highest BCUT2D eigenvalue weighted by molar-refractivity contribution is 8.00. The average molecular weight is 343 g/mol. The Morgan fingerprint density at radius 1 is 1.33 bits per heavy atom. The lowest BCUT2D eigenvalue weighted by Crippen LogP contribution is -2.32. The van der Waals surface area contributed by atoms with Gasteiger partial charge in [-0.15, -0.1) is 11.8 Å². The predicted octanol–water partition coefficient (Wildman–Crippen LogP) is 3.89. The monoisotopic (exact) mass is 343 g/mol. The van der Waals surface area contributed by atoms with Crippen LogP contribution < -0.4 is 4.90 Å². The number of anilines is 1. The summed E-state index contributed by atoms with van der Waals surface area (Å²) in [5, 5.41) is 4.98. The molecule has 1 aromatic heterocycles. The Morgan fingerprint density at radius 3 is 2.79 bits per heavy atom. The van der Waals surface area contributed by atoms with Gasteiger partial charge in [0.05, 0.1) is 11.4 Å². The second-order valence-electron chi connectivity index (χ2n) is 6.50. The summed E-state index contributed by atoms with van der Waals surface area (Å²) >= 11 is 1.87. The number of benzene rings is 1. The van der Waals surface area contributed by atoms with Crippen molar-refractivity contribution in [3.8, 4) is 0 Å². The van der Waals surface area contributed by atoms with Gasteiger partial charge in [-0.3, -0.25) is 9.48 Å². The minimum absolute atomic E-state index is 0.208. The van der Waals surface area contributed by atoms with E-state index < -0.39 is 0 Å². The van der Waals surface area contributed by atoms with E-state index in [0.717, 1.165) is 36.5 Å². The van der Waals surface area contributed by atoms with E-state index in [-0.39, 0.29) is 5.91 Å². The number of fused-ring (bicyclic) bond motifs is 1. The van der Waals surface area contributed by atoms with Crippen LogP contribution in [0.2, 0.25) is 0 Å². The van der Waals surface area contributed by atoms with Crippen molar-refractivity contribution in [1.29, 1.82) is 0 Å². The van der Waals surface area contributed by atoms with Gasteiger partial charge in [0.2, 0.25) is 5.91 Å². The number of nitrogens with zero attached hydrogens (tertiary/aromatic N) is 3. The van der Waals surface area contributed by atoms with Crippen LogP contribution in [-0.2, 0) is 18.3 Å². The lowest BCUT2D eigenvalue weighted by Gasteiger charge is -2.22. The molecule has 5 heteroatoms. The molecule has 0 aliphatic carbocycles. The van der Waals surface area contributed by atoms with Crippen molar-refractivity contribution >= 4 is 23.4 Å². The van der Waals surface area contributed by atoms with Crippen molar-refractivity contribution in [2.24, 2.45) is 7.05 Å². The number of carbonyl (C=O) groups excluding carboxylic acids is 1. The molecular weight excluding hydrogens is 318 g/mol. The van der Waals surface area contributed by atoms with Crippen molar-refractivity contribution in [3.63, 3.8) is 0 Å². The maximum Gasteiger partial charge on any atom is 0.227 e. The van der Waals surface area contributed by atoms with Gasteiger partial charge in [-0.2, -0.15) is 5.10 Å². The fraction of sp³-hybridized carbons (Fsp3) is 0.474. The number of amides is 1. The van der Waals surface area contributed by atoms with Gasteiger partial charge in [0, 0.05) is 35.9 Å². The molecule has 0 saturated heterocycles. The van der Waals surface area contributed by atoms with E-state index in [0.29, 0.717) is 11.7 Å². The third-order valence-electron chi connectivity index (χ3n) is 4.79. The second kappa shape index (κ2) is 7.01. The zero-order chi connectivity index (χ0) is 17.3. The molecule has 3 rings (SSSR count). The van der Waals surface area contributed by atoms with Gasteiger partial charge in [-0.1, -0.05) is 19.1 Å². The Bertz CT molecular complexity index is 753. The van der Waals surface area contributed by atoms with Gasteiger partial charge >= 0.3 is 0 Å². The summed E-state index contributed by atoms with van der Waals surface area (Å²) in [6.07, 6.45) is 2.31. The van der Waals surface area contributed by atoms with Crippen LogP contribution in [0.3, 0.4) is 0 Å². The zero-order valence-corrected chi connectivity index (χ0v) is 15.7. The zero-order valence-electron chi connectivity index (χ0n) is 14.9. The fourth-order valence-corrected chi connectivity index (χ4v) is 4.40. The van der Waals surface area contributed by atoms with Gasteiger partial charge in [0.1, 0.15) is 0 Å². The standard InChI is InChI=1S/C19H25N3OS/c1-13-11-12-22(17-7-5-6-8-18(17)24-13)19(23)10-9-16-14(2)20-21(4)15(16)3/h5-8,13H,9-12H2,1-4H3/t13-/m1/s1. The molecule has 1 amide bonds. The van der Waals surface area contributed by atoms with Crippen LogP contribution in [-0.4, -0.2) is 27.5 Å². The molecule has 1 aliphatic heterocycles. The Labute approximate surface area is 148 Å². The van der Waals surface area contributed by atoms with E-state index in [4.69, 9.17) is 0 Å². The number of rotatable bonds is 3. The average Bonchev–Trinajstić information content (AvgIpc) is 2.71. The normalized spacial score (nSPS) is 17.5. The summed E-state index contributed by atoms with van der Waals surface area (Å²) in [4.78, 5) is 16.1. The fourth-order valence-electron chi connectivity index (χ4n) is 3.29. The van der Waals surface area contributed by atoms with E-state index >= 15 is 0 Å². The number of carbonyl (C=O) groups is 1.